The van der Waals surface area contributed by atoms with Crippen LogP contribution >= 0.6 is 12.6 Å². The molecule has 32 heavy (non-hydrogen) atoms. The van der Waals surface area contributed by atoms with Crippen LogP contribution in [0.4, 0.5) is 0 Å². The number of hydrogen-bond donors (Lipinski definition) is 8. The summed E-state index contributed by atoms with van der Waals surface area (Å²) in [5, 5.41) is 25.1. The first-order chi connectivity index (χ1) is 14.8. The Morgan fingerprint density at radius 3 is 1.81 bits per heavy atom. The molecule has 14 heteroatoms. The predicted molar refractivity (Wildman–Crippen MR) is 115 cm³/mol. The maximum absolute atomic E-state index is 12.6. The number of primary amides is 1. The first-order valence-electron chi connectivity index (χ1n) is 9.78. The fourth-order valence-electron chi connectivity index (χ4n) is 2.56. The predicted octanol–water partition coefficient (Wildman–Crippen LogP) is -2.43. The van der Waals surface area contributed by atoms with Crippen molar-refractivity contribution in [3.8, 4) is 0 Å². The van der Waals surface area contributed by atoms with Gasteiger partial charge < -0.3 is 37.6 Å². The van der Waals surface area contributed by atoms with Gasteiger partial charge in [0.25, 0.3) is 0 Å². The summed E-state index contributed by atoms with van der Waals surface area (Å²) < 4.78 is 0. The molecule has 182 valence electrons. The number of carboxylic acid groups (broad SMARTS) is 2. The number of nitrogens with two attached hydrogens (primary N) is 2. The summed E-state index contributed by atoms with van der Waals surface area (Å²) in [6.45, 7) is 3.52. The smallest absolute Gasteiger partial charge is 0.326 e. The highest BCUT2D eigenvalue weighted by Gasteiger charge is 2.30. The van der Waals surface area contributed by atoms with Crippen LogP contribution in [0.5, 0.6) is 0 Å². The molecule has 0 bridgehead atoms. The SMILES string of the molecule is CC(C)CC(NC(=O)C(CCC(=O)O)NC(=O)C(CS)NC(=O)C(N)CC(N)=O)C(=O)O. The van der Waals surface area contributed by atoms with Crippen LogP contribution in [-0.4, -0.2) is 75.7 Å². The highest BCUT2D eigenvalue weighted by molar-refractivity contribution is 7.80. The quantitative estimate of drug-likeness (QED) is 0.117. The van der Waals surface area contributed by atoms with Crippen molar-refractivity contribution in [1.29, 1.82) is 0 Å². The second kappa shape index (κ2) is 14.2. The van der Waals surface area contributed by atoms with Crippen molar-refractivity contribution in [3.63, 3.8) is 0 Å². The molecule has 0 aromatic rings. The highest BCUT2D eigenvalue weighted by atomic mass is 32.1. The van der Waals surface area contributed by atoms with Gasteiger partial charge in [-0.2, -0.15) is 12.6 Å². The Labute approximate surface area is 190 Å². The van der Waals surface area contributed by atoms with E-state index in [0.717, 1.165) is 0 Å². The van der Waals surface area contributed by atoms with Gasteiger partial charge in [-0.3, -0.25) is 24.0 Å². The van der Waals surface area contributed by atoms with E-state index in [-0.39, 0.29) is 24.5 Å². The van der Waals surface area contributed by atoms with Crippen molar-refractivity contribution in [3.05, 3.63) is 0 Å². The van der Waals surface area contributed by atoms with Crippen LogP contribution in [0.3, 0.4) is 0 Å². The van der Waals surface area contributed by atoms with Crippen molar-refractivity contribution in [2.24, 2.45) is 17.4 Å². The van der Waals surface area contributed by atoms with Crippen molar-refractivity contribution < 1.29 is 39.0 Å². The zero-order valence-electron chi connectivity index (χ0n) is 17.9. The summed E-state index contributed by atoms with van der Waals surface area (Å²) in [5.41, 5.74) is 10.5. The van der Waals surface area contributed by atoms with Crippen LogP contribution in [0.1, 0.15) is 39.5 Å². The van der Waals surface area contributed by atoms with Crippen LogP contribution < -0.4 is 27.4 Å². The number of carboxylic acids is 2. The van der Waals surface area contributed by atoms with Gasteiger partial charge in [0.15, 0.2) is 0 Å². The molecule has 0 rings (SSSR count). The molecule has 9 N–H and O–H groups in total. The lowest BCUT2D eigenvalue weighted by Crippen LogP contribution is -2.58. The second-order valence-corrected chi connectivity index (χ2v) is 7.91. The molecular weight excluding hydrogens is 446 g/mol. The van der Waals surface area contributed by atoms with Gasteiger partial charge in [0, 0.05) is 12.2 Å². The molecule has 4 atom stereocenters. The summed E-state index contributed by atoms with van der Waals surface area (Å²) in [6.07, 6.45) is -1.15. The van der Waals surface area contributed by atoms with Gasteiger partial charge in [-0.1, -0.05) is 13.8 Å². The first kappa shape index (κ1) is 29.1. The Morgan fingerprint density at radius 1 is 0.875 bits per heavy atom. The summed E-state index contributed by atoms with van der Waals surface area (Å²) in [6, 6.07) is -5.19. The van der Waals surface area contributed by atoms with Gasteiger partial charge in [-0.15, -0.1) is 0 Å². The minimum atomic E-state index is -1.38. The monoisotopic (exact) mass is 477 g/mol. The molecule has 0 fully saturated rings. The lowest BCUT2D eigenvalue weighted by Gasteiger charge is -2.24. The average molecular weight is 478 g/mol. The lowest BCUT2D eigenvalue weighted by atomic mass is 10.0. The molecule has 0 saturated heterocycles. The van der Waals surface area contributed by atoms with E-state index in [1.807, 2.05) is 0 Å². The lowest BCUT2D eigenvalue weighted by molar-refractivity contribution is -0.143. The topological polar surface area (TPSA) is 231 Å². The summed E-state index contributed by atoms with van der Waals surface area (Å²) >= 11 is 3.97. The van der Waals surface area contributed by atoms with E-state index in [1.165, 1.54) is 0 Å². The molecule has 4 unspecified atom stereocenters. The molecule has 0 aliphatic rings. The number of carbonyl (C=O) groups excluding carboxylic acids is 4. The van der Waals surface area contributed by atoms with Crippen LogP contribution in [0, 0.1) is 5.92 Å². The molecule has 0 aliphatic carbocycles. The molecule has 0 spiro atoms. The largest absolute Gasteiger partial charge is 0.481 e. The Morgan fingerprint density at radius 2 is 1.38 bits per heavy atom. The van der Waals surface area contributed by atoms with Gasteiger partial charge in [-0.25, -0.2) is 4.79 Å². The number of amides is 4. The standard InChI is InChI=1S/C18H31N5O8S/c1-8(2)5-11(18(30)31)22-16(28)10(3-4-14(25)26)21-17(29)12(7-32)23-15(27)9(19)6-13(20)24/h8-12,32H,3-7,19H2,1-2H3,(H2,20,24)(H,21,29)(H,22,28)(H,23,27)(H,25,26)(H,30,31). The van der Waals surface area contributed by atoms with E-state index in [0.29, 0.717) is 0 Å². The molecule has 0 aliphatic heterocycles. The molecule has 4 amide bonds. The highest BCUT2D eigenvalue weighted by Crippen LogP contribution is 2.07. The van der Waals surface area contributed by atoms with Crippen molar-refractivity contribution >= 4 is 48.2 Å². The van der Waals surface area contributed by atoms with Crippen molar-refractivity contribution in [1.82, 2.24) is 16.0 Å². The first-order valence-corrected chi connectivity index (χ1v) is 10.4. The number of nitrogens with one attached hydrogen (secondary N) is 3. The summed E-state index contributed by atoms with van der Waals surface area (Å²) in [5.74, 6) is -6.21. The van der Waals surface area contributed by atoms with Crippen LogP contribution in [0.15, 0.2) is 0 Å². The molecule has 0 aromatic heterocycles. The second-order valence-electron chi connectivity index (χ2n) is 7.54. The minimum Gasteiger partial charge on any atom is -0.481 e. The Bertz CT molecular complexity index is 717. The average Bonchev–Trinajstić information content (AvgIpc) is 2.66. The summed E-state index contributed by atoms with van der Waals surface area (Å²) in [4.78, 5) is 70.4. The third-order valence-corrected chi connectivity index (χ3v) is 4.54. The number of rotatable bonds is 15. The normalized spacial score (nSPS) is 14.5. The van der Waals surface area contributed by atoms with Crippen LogP contribution in [0.25, 0.3) is 0 Å². The van der Waals surface area contributed by atoms with Crippen LogP contribution in [-0.2, 0) is 28.8 Å². The third kappa shape index (κ3) is 11.5. The van der Waals surface area contributed by atoms with Gasteiger partial charge in [-0.05, 0) is 18.8 Å². The maximum atomic E-state index is 12.6. The van der Waals surface area contributed by atoms with Crippen molar-refractivity contribution in [2.75, 3.05) is 5.75 Å². The van der Waals surface area contributed by atoms with E-state index < -0.39 is 72.6 Å². The van der Waals surface area contributed by atoms with Gasteiger partial charge >= 0.3 is 11.9 Å². The van der Waals surface area contributed by atoms with Gasteiger partial charge in [0.1, 0.15) is 18.1 Å². The molecule has 0 heterocycles. The minimum absolute atomic E-state index is 0.0585. The molecular formula is C18H31N5O8S. The Hall–Kier alpha value is -2.87. The molecule has 0 saturated carbocycles. The number of aliphatic carboxylic acids is 2. The number of thiol groups is 1. The Kier molecular flexibility index (Phi) is 13.0. The van der Waals surface area contributed by atoms with Crippen molar-refractivity contribution in [2.45, 2.75) is 63.7 Å². The van der Waals surface area contributed by atoms with E-state index in [9.17, 15) is 33.9 Å². The molecule has 13 nitrogen and oxygen atoms in total. The van der Waals surface area contributed by atoms with E-state index >= 15 is 0 Å². The summed E-state index contributed by atoms with van der Waals surface area (Å²) in [7, 11) is 0. The fourth-order valence-corrected chi connectivity index (χ4v) is 2.81. The molecule has 0 radical (unpaired) electrons. The van der Waals surface area contributed by atoms with Gasteiger partial charge in [0.2, 0.25) is 23.6 Å². The zero-order valence-corrected chi connectivity index (χ0v) is 18.8. The van der Waals surface area contributed by atoms with E-state index in [1.54, 1.807) is 13.8 Å². The number of hydrogen-bond acceptors (Lipinski definition) is 8. The fraction of sp³-hybridized carbons (Fsp3) is 0.667. The van der Waals surface area contributed by atoms with Gasteiger partial charge in [0.05, 0.1) is 12.5 Å². The van der Waals surface area contributed by atoms with E-state index in [2.05, 4.69) is 28.6 Å². The van der Waals surface area contributed by atoms with E-state index in [4.69, 9.17) is 16.6 Å². The number of carbonyl (C=O) groups is 6. The Balaban J connectivity index is 5.35. The molecule has 0 aromatic carbocycles. The maximum Gasteiger partial charge on any atom is 0.326 e. The van der Waals surface area contributed by atoms with Crippen LogP contribution in [0.2, 0.25) is 0 Å². The third-order valence-electron chi connectivity index (χ3n) is 4.17. The zero-order chi connectivity index (χ0) is 25.0.